The average Bonchev–Trinajstić information content (AvgIpc) is 3.34. The van der Waals surface area contributed by atoms with Crippen molar-refractivity contribution in [3.8, 4) is 0 Å². The molecule has 0 fully saturated rings. The molecule has 0 aliphatic carbocycles. The number of rotatable bonds is 53. The molecule has 68 heavy (non-hydrogen) atoms. The summed E-state index contributed by atoms with van der Waals surface area (Å²) in [6.07, 6.45) is 70.8. The van der Waals surface area contributed by atoms with Gasteiger partial charge in [0, 0.05) is 19.3 Å². The molecule has 0 aromatic heterocycles. The van der Waals surface area contributed by atoms with Crippen LogP contribution in [0.1, 0.15) is 297 Å². The second kappa shape index (κ2) is 56.7. The fourth-order valence-electron chi connectivity index (χ4n) is 8.30. The molecule has 0 spiro atoms. The van der Waals surface area contributed by atoms with Crippen LogP contribution in [-0.2, 0) is 28.6 Å². The van der Waals surface area contributed by atoms with Crippen LogP contribution in [0.25, 0.3) is 0 Å². The maximum atomic E-state index is 12.8. The summed E-state index contributed by atoms with van der Waals surface area (Å²) in [6.45, 7) is 6.59. The zero-order valence-corrected chi connectivity index (χ0v) is 45.1. The predicted molar refractivity (Wildman–Crippen MR) is 293 cm³/mol. The molecule has 394 valence electrons. The second-order valence-corrected chi connectivity index (χ2v) is 19.6. The van der Waals surface area contributed by atoms with Gasteiger partial charge in [0.1, 0.15) is 13.2 Å². The number of hydrogen-bond donors (Lipinski definition) is 0. The van der Waals surface area contributed by atoms with Crippen molar-refractivity contribution in [1.82, 2.24) is 0 Å². The van der Waals surface area contributed by atoms with Gasteiger partial charge in [0.2, 0.25) is 0 Å². The first-order valence-electron chi connectivity index (χ1n) is 29.3. The molecule has 6 nitrogen and oxygen atoms in total. The summed E-state index contributed by atoms with van der Waals surface area (Å²) < 4.78 is 16.8. The molecule has 0 radical (unpaired) electrons. The molecule has 0 saturated heterocycles. The highest BCUT2D eigenvalue weighted by Gasteiger charge is 2.19. The monoisotopic (exact) mass is 951 g/mol. The highest BCUT2D eigenvalue weighted by atomic mass is 16.6. The number of ether oxygens (including phenoxy) is 3. The van der Waals surface area contributed by atoms with Crippen LogP contribution in [0.4, 0.5) is 0 Å². The average molecular weight is 952 g/mol. The zero-order valence-electron chi connectivity index (χ0n) is 45.1. The molecular formula is C62H110O6. The Hall–Kier alpha value is -2.89. The molecular weight excluding hydrogens is 841 g/mol. The third-order valence-corrected chi connectivity index (χ3v) is 12.7. The molecule has 6 heteroatoms. The Balaban J connectivity index is 4.21. The fourth-order valence-corrected chi connectivity index (χ4v) is 8.30. The first-order chi connectivity index (χ1) is 33.5. The van der Waals surface area contributed by atoms with Crippen LogP contribution in [-0.4, -0.2) is 37.2 Å². The van der Waals surface area contributed by atoms with E-state index in [1.165, 1.54) is 173 Å². The number of carbonyl (C=O) groups excluding carboxylic acids is 3. The number of allylic oxidation sites excluding steroid dienone is 10. The molecule has 0 aliphatic rings. The minimum absolute atomic E-state index is 0.0769. The Labute approximate surface area is 421 Å². The van der Waals surface area contributed by atoms with E-state index in [0.717, 1.165) is 83.5 Å². The summed E-state index contributed by atoms with van der Waals surface area (Å²) in [6, 6.07) is 0. The van der Waals surface area contributed by atoms with Crippen molar-refractivity contribution in [2.45, 2.75) is 303 Å². The summed E-state index contributed by atoms with van der Waals surface area (Å²) in [4.78, 5) is 38.0. The molecule has 0 aromatic rings. The van der Waals surface area contributed by atoms with Gasteiger partial charge in [-0.1, -0.05) is 248 Å². The van der Waals surface area contributed by atoms with E-state index in [1.807, 2.05) is 0 Å². The maximum absolute atomic E-state index is 12.8. The summed E-state index contributed by atoms with van der Waals surface area (Å²) in [5, 5.41) is 0. The lowest BCUT2D eigenvalue weighted by atomic mass is 10.1. The molecule has 0 amide bonds. The Morgan fingerprint density at radius 3 is 0.853 bits per heavy atom. The molecule has 1 unspecified atom stereocenters. The van der Waals surface area contributed by atoms with Gasteiger partial charge in [-0.05, 0) is 89.9 Å². The Bertz CT molecular complexity index is 1230. The van der Waals surface area contributed by atoms with Crippen molar-refractivity contribution in [2.75, 3.05) is 13.2 Å². The number of hydrogen-bond acceptors (Lipinski definition) is 6. The number of esters is 3. The van der Waals surface area contributed by atoms with E-state index < -0.39 is 6.10 Å². The number of unbranched alkanes of at least 4 members (excludes halogenated alkanes) is 32. The first-order valence-corrected chi connectivity index (χ1v) is 29.3. The summed E-state index contributed by atoms with van der Waals surface area (Å²) in [5.41, 5.74) is 0. The van der Waals surface area contributed by atoms with Crippen LogP contribution in [0.3, 0.4) is 0 Å². The van der Waals surface area contributed by atoms with Crippen molar-refractivity contribution in [2.24, 2.45) is 0 Å². The van der Waals surface area contributed by atoms with E-state index in [1.54, 1.807) is 0 Å². The lowest BCUT2D eigenvalue weighted by Crippen LogP contribution is -2.30. The molecule has 0 saturated carbocycles. The van der Waals surface area contributed by atoms with Gasteiger partial charge in [-0.15, -0.1) is 0 Å². The van der Waals surface area contributed by atoms with Crippen molar-refractivity contribution >= 4 is 17.9 Å². The van der Waals surface area contributed by atoms with Gasteiger partial charge in [-0.25, -0.2) is 0 Å². The maximum Gasteiger partial charge on any atom is 0.306 e. The minimum atomic E-state index is -0.777. The molecule has 0 aliphatic heterocycles. The van der Waals surface area contributed by atoms with E-state index in [9.17, 15) is 14.4 Å². The van der Waals surface area contributed by atoms with Crippen molar-refractivity contribution in [3.63, 3.8) is 0 Å². The quantitative estimate of drug-likeness (QED) is 0.0262. The first kappa shape index (κ1) is 65.1. The summed E-state index contributed by atoms with van der Waals surface area (Å²) in [5.74, 6) is -0.883. The van der Waals surface area contributed by atoms with Crippen LogP contribution in [0.5, 0.6) is 0 Å². The van der Waals surface area contributed by atoms with Crippen molar-refractivity contribution in [3.05, 3.63) is 60.8 Å². The summed E-state index contributed by atoms with van der Waals surface area (Å²) in [7, 11) is 0. The highest BCUT2D eigenvalue weighted by Crippen LogP contribution is 2.15. The predicted octanol–water partition coefficient (Wildman–Crippen LogP) is 19.6. The molecule has 0 bridgehead atoms. The standard InChI is InChI=1S/C62H110O6/c1-4-7-10-13-16-19-21-23-25-27-28-29-30-31-32-33-34-36-37-39-41-43-46-49-52-55-61(64)67-58-59(57-66-60(63)54-51-48-45-18-15-12-9-6-3)68-62(65)56-53-50-47-44-42-40-38-35-26-24-22-20-17-14-11-8-5-2/h17,20-21,23-24,26-28,30-31,59H,4-16,18-19,22,25,29,32-58H2,1-3H3/b20-17-,23-21-,26-24-,28-27-,31-30-. The van der Waals surface area contributed by atoms with Gasteiger partial charge in [0.25, 0.3) is 0 Å². The normalized spacial score (nSPS) is 12.5. The Morgan fingerprint density at radius 2 is 0.529 bits per heavy atom. The largest absolute Gasteiger partial charge is 0.462 e. The third kappa shape index (κ3) is 54.1. The van der Waals surface area contributed by atoms with Gasteiger partial charge in [-0.3, -0.25) is 14.4 Å². The van der Waals surface area contributed by atoms with Crippen LogP contribution < -0.4 is 0 Å². The van der Waals surface area contributed by atoms with Gasteiger partial charge in [0.05, 0.1) is 0 Å². The van der Waals surface area contributed by atoms with Gasteiger partial charge in [0.15, 0.2) is 6.10 Å². The van der Waals surface area contributed by atoms with Crippen molar-refractivity contribution in [1.29, 1.82) is 0 Å². The fraction of sp³-hybridized carbons (Fsp3) is 0.790. The zero-order chi connectivity index (χ0) is 49.3. The Morgan fingerprint density at radius 1 is 0.294 bits per heavy atom. The van der Waals surface area contributed by atoms with E-state index in [0.29, 0.717) is 19.3 Å². The molecule has 0 rings (SSSR count). The van der Waals surface area contributed by atoms with Crippen LogP contribution in [0, 0.1) is 0 Å². The third-order valence-electron chi connectivity index (χ3n) is 12.7. The van der Waals surface area contributed by atoms with E-state index in [4.69, 9.17) is 14.2 Å². The lowest BCUT2D eigenvalue weighted by Gasteiger charge is -2.18. The van der Waals surface area contributed by atoms with Crippen LogP contribution in [0.15, 0.2) is 60.8 Å². The van der Waals surface area contributed by atoms with Gasteiger partial charge in [-0.2, -0.15) is 0 Å². The summed E-state index contributed by atoms with van der Waals surface area (Å²) >= 11 is 0. The van der Waals surface area contributed by atoms with E-state index in [2.05, 4.69) is 81.5 Å². The van der Waals surface area contributed by atoms with Crippen LogP contribution in [0.2, 0.25) is 0 Å². The Kier molecular flexibility index (Phi) is 54.3. The molecule has 0 aromatic carbocycles. The molecule has 0 N–H and O–H groups in total. The SMILES string of the molecule is CCCCC/C=C\C/C=C\CCCCCCCCCC(=O)OC(COC(=O)CCCCCCCCCC)COC(=O)CCCCCCCCCCCC/C=C\C/C=C\C/C=C\CCCCCCC. The van der Waals surface area contributed by atoms with E-state index in [-0.39, 0.29) is 31.1 Å². The van der Waals surface area contributed by atoms with Crippen LogP contribution >= 0.6 is 0 Å². The smallest absolute Gasteiger partial charge is 0.306 e. The minimum Gasteiger partial charge on any atom is -0.462 e. The van der Waals surface area contributed by atoms with Crippen molar-refractivity contribution < 1.29 is 28.6 Å². The molecule has 1 atom stereocenters. The second-order valence-electron chi connectivity index (χ2n) is 19.6. The molecule has 0 heterocycles. The highest BCUT2D eigenvalue weighted by molar-refractivity contribution is 5.71. The number of carbonyl (C=O) groups is 3. The van der Waals surface area contributed by atoms with Gasteiger partial charge >= 0.3 is 17.9 Å². The topological polar surface area (TPSA) is 78.9 Å². The van der Waals surface area contributed by atoms with Gasteiger partial charge < -0.3 is 14.2 Å². The van der Waals surface area contributed by atoms with E-state index >= 15 is 0 Å². The lowest BCUT2D eigenvalue weighted by molar-refractivity contribution is -0.167.